The minimum absolute atomic E-state index is 0.820. The molecule has 0 amide bonds. The highest BCUT2D eigenvalue weighted by atomic mass is 14.3. The molecular weight excluding hydrogens is 300 g/mol. The van der Waals surface area contributed by atoms with Crippen molar-refractivity contribution < 1.29 is 0 Å². The van der Waals surface area contributed by atoms with Gasteiger partial charge in [0.2, 0.25) is 0 Å². The summed E-state index contributed by atoms with van der Waals surface area (Å²) in [5.74, 6) is 2.77. The van der Waals surface area contributed by atoms with Gasteiger partial charge in [0.15, 0.2) is 0 Å². The van der Waals surface area contributed by atoms with Crippen LogP contribution in [-0.2, 0) is 0 Å². The lowest BCUT2D eigenvalue weighted by molar-refractivity contribution is 0.308. The van der Waals surface area contributed by atoms with Crippen molar-refractivity contribution in [3.05, 3.63) is 41.5 Å². The molecule has 0 spiro atoms. The van der Waals surface area contributed by atoms with E-state index in [1.54, 1.807) is 11.1 Å². The van der Waals surface area contributed by atoms with Crippen LogP contribution in [0.1, 0.15) is 108 Å². The zero-order valence-corrected chi connectivity index (χ0v) is 16.6. The van der Waals surface area contributed by atoms with Gasteiger partial charge in [0, 0.05) is 0 Å². The quantitative estimate of drug-likeness (QED) is 0.470. The van der Waals surface area contributed by atoms with Crippen LogP contribution in [0.4, 0.5) is 0 Å². The summed E-state index contributed by atoms with van der Waals surface area (Å²) >= 11 is 0. The molecule has 0 aromatic heterocycles. The molecule has 1 aromatic rings. The third-order valence-corrected chi connectivity index (χ3v) is 6.78. The van der Waals surface area contributed by atoms with Crippen LogP contribution in [-0.4, -0.2) is 0 Å². The first kappa shape index (κ1) is 18.7. The van der Waals surface area contributed by atoms with Crippen molar-refractivity contribution in [2.45, 2.75) is 96.8 Å². The van der Waals surface area contributed by atoms with E-state index in [1.807, 2.05) is 0 Å². The molecule has 0 saturated heterocycles. The zero-order valence-electron chi connectivity index (χ0n) is 16.6. The summed E-state index contributed by atoms with van der Waals surface area (Å²) in [5.41, 5.74) is 4.68. The van der Waals surface area contributed by atoms with E-state index in [-0.39, 0.29) is 0 Å². The Balaban J connectivity index is 1.54. The van der Waals surface area contributed by atoms with Gasteiger partial charge < -0.3 is 0 Å². The Morgan fingerprint density at radius 1 is 0.800 bits per heavy atom. The molecule has 2 aliphatic carbocycles. The topological polar surface area (TPSA) is 0 Å². The average Bonchev–Trinajstić information content (AvgIpc) is 2.68. The molecule has 0 nitrogen and oxygen atoms in total. The largest absolute Gasteiger partial charge is 0.0804 e. The van der Waals surface area contributed by atoms with Crippen LogP contribution in [0, 0.1) is 11.8 Å². The van der Waals surface area contributed by atoms with Crippen molar-refractivity contribution in [3.63, 3.8) is 0 Å². The van der Waals surface area contributed by atoms with Crippen LogP contribution in [0.25, 0.3) is 5.57 Å². The van der Waals surface area contributed by atoms with Crippen molar-refractivity contribution in [1.29, 1.82) is 0 Å². The summed E-state index contributed by atoms with van der Waals surface area (Å²) in [6.07, 6.45) is 19.2. The maximum absolute atomic E-state index is 2.54. The first-order chi connectivity index (χ1) is 12.3. The van der Waals surface area contributed by atoms with E-state index in [9.17, 15) is 0 Å². The molecule has 1 unspecified atom stereocenters. The molecule has 1 atom stereocenters. The highest BCUT2D eigenvalue weighted by Crippen LogP contribution is 2.38. The summed E-state index contributed by atoms with van der Waals surface area (Å²) in [4.78, 5) is 0. The molecule has 0 bridgehead atoms. The van der Waals surface area contributed by atoms with Crippen molar-refractivity contribution in [1.82, 2.24) is 0 Å². The van der Waals surface area contributed by atoms with E-state index >= 15 is 0 Å². The molecule has 0 heteroatoms. The van der Waals surface area contributed by atoms with Gasteiger partial charge >= 0.3 is 0 Å². The predicted octanol–water partition coefficient (Wildman–Crippen LogP) is 8.13. The fraction of sp³-hybridized carbons (Fsp3) is 0.680. The minimum atomic E-state index is 0.820. The second-order valence-electron chi connectivity index (χ2n) is 8.64. The standard InChI is InChI=1S/C25H38/c1-3-5-7-21-10-14-23(15-11-21)25-18-16-24(17-19-25)22-12-8-20(6-4-2)9-13-22/h14,16-22H,3-13,15H2,1-2H3. The number of benzene rings is 1. The highest BCUT2D eigenvalue weighted by Gasteiger charge is 2.22. The number of rotatable bonds is 7. The van der Waals surface area contributed by atoms with E-state index in [0.29, 0.717) is 0 Å². The number of hydrogen-bond acceptors (Lipinski definition) is 0. The van der Waals surface area contributed by atoms with Crippen LogP contribution in [0.5, 0.6) is 0 Å². The molecule has 1 saturated carbocycles. The second-order valence-corrected chi connectivity index (χ2v) is 8.64. The Morgan fingerprint density at radius 2 is 1.56 bits per heavy atom. The van der Waals surface area contributed by atoms with Gasteiger partial charge in [-0.1, -0.05) is 76.3 Å². The Labute approximate surface area is 156 Å². The van der Waals surface area contributed by atoms with E-state index in [4.69, 9.17) is 0 Å². The summed E-state index contributed by atoms with van der Waals surface area (Å²) < 4.78 is 0. The SMILES string of the molecule is CCCCC1CC=C(c2ccc(C3CCC(CCC)CC3)cc2)CC1. The van der Waals surface area contributed by atoms with Crippen molar-refractivity contribution in [2.24, 2.45) is 11.8 Å². The van der Waals surface area contributed by atoms with Crippen molar-refractivity contribution in [2.75, 3.05) is 0 Å². The summed E-state index contributed by atoms with van der Waals surface area (Å²) in [6.45, 7) is 4.64. The summed E-state index contributed by atoms with van der Waals surface area (Å²) in [6, 6.07) is 9.69. The lowest BCUT2D eigenvalue weighted by atomic mass is 9.77. The molecule has 0 aliphatic heterocycles. The van der Waals surface area contributed by atoms with Crippen LogP contribution >= 0.6 is 0 Å². The monoisotopic (exact) mass is 338 g/mol. The lowest BCUT2D eigenvalue weighted by Gasteiger charge is -2.29. The Bertz CT molecular complexity index is 528. The van der Waals surface area contributed by atoms with Crippen LogP contribution in [0.3, 0.4) is 0 Å². The van der Waals surface area contributed by atoms with Gasteiger partial charge in [-0.05, 0) is 79.4 Å². The zero-order chi connectivity index (χ0) is 17.5. The second kappa shape index (κ2) is 9.60. The van der Waals surface area contributed by atoms with Crippen molar-refractivity contribution >= 4 is 5.57 Å². The van der Waals surface area contributed by atoms with Gasteiger partial charge in [0.1, 0.15) is 0 Å². The maximum Gasteiger partial charge on any atom is -0.0162 e. The molecule has 3 rings (SSSR count). The minimum Gasteiger partial charge on any atom is -0.0804 e. The number of unbranched alkanes of at least 4 members (excludes halogenated alkanes) is 1. The Kier molecular flexibility index (Phi) is 7.20. The van der Waals surface area contributed by atoms with Gasteiger partial charge in [-0.25, -0.2) is 0 Å². The number of allylic oxidation sites excluding steroid dienone is 2. The molecule has 1 aromatic carbocycles. The van der Waals surface area contributed by atoms with Gasteiger partial charge in [-0.3, -0.25) is 0 Å². The summed E-state index contributed by atoms with van der Waals surface area (Å²) in [5, 5.41) is 0. The first-order valence-electron chi connectivity index (χ1n) is 11.1. The number of hydrogen-bond donors (Lipinski definition) is 0. The van der Waals surface area contributed by atoms with Crippen LogP contribution in [0.2, 0.25) is 0 Å². The van der Waals surface area contributed by atoms with Crippen LogP contribution in [0.15, 0.2) is 30.3 Å². The van der Waals surface area contributed by atoms with E-state index in [0.717, 1.165) is 17.8 Å². The maximum atomic E-state index is 2.54. The van der Waals surface area contributed by atoms with Gasteiger partial charge in [0.05, 0.1) is 0 Å². The molecule has 2 aliphatic rings. The van der Waals surface area contributed by atoms with E-state index in [1.165, 1.54) is 82.6 Å². The molecule has 25 heavy (non-hydrogen) atoms. The molecular formula is C25H38. The van der Waals surface area contributed by atoms with Gasteiger partial charge in [-0.2, -0.15) is 0 Å². The molecule has 0 heterocycles. The third-order valence-electron chi connectivity index (χ3n) is 6.78. The van der Waals surface area contributed by atoms with Gasteiger partial charge in [0.25, 0.3) is 0 Å². The lowest BCUT2D eigenvalue weighted by Crippen LogP contribution is -2.13. The molecule has 0 N–H and O–H groups in total. The van der Waals surface area contributed by atoms with E-state index < -0.39 is 0 Å². The molecule has 138 valence electrons. The fourth-order valence-electron chi connectivity index (χ4n) is 5.07. The van der Waals surface area contributed by atoms with Crippen LogP contribution < -0.4 is 0 Å². The normalized spacial score (nSPS) is 27.1. The predicted molar refractivity (Wildman–Crippen MR) is 111 cm³/mol. The first-order valence-corrected chi connectivity index (χ1v) is 11.1. The molecule has 0 radical (unpaired) electrons. The Morgan fingerprint density at radius 3 is 2.16 bits per heavy atom. The smallest absolute Gasteiger partial charge is 0.0162 e. The van der Waals surface area contributed by atoms with Crippen molar-refractivity contribution in [3.8, 4) is 0 Å². The summed E-state index contributed by atoms with van der Waals surface area (Å²) in [7, 11) is 0. The fourth-order valence-corrected chi connectivity index (χ4v) is 5.07. The van der Waals surface area contributed by atoms with E-state index in [2.05, 4.69) is 44.2 Å². The highest BCUT2D eigenvalue weighted by molar-refractivity contribution is 5.66. The molecule has 1 fully saturated rings. The average molecular weight is 339 g/mol. The van der Waals surface area contributed by atoms with Gasteiger partial charge in [-0.15, -0.1) is 0 Å². The third kappa shape index (κ3) is 5.22. The Hall–Kier alpha value is -1.04.